The number of para-hydroxylation sites is 1. The van der Waals surface area contributed by atoms with Crippen LogP contribution in [-0.2, 0) is 16.4 Å². The summed E-state index contributed by atoms with van der Waals surface area (Å²) in [5.41, 5.74) is 2.05. The van der Waals surface area contributed by atoms with Crippen LogP contribution in [0.3, 0.4) is 0 Å². The Balaban J connectivity index is 1.79. The Morgan fingerprint density at radius 2 is 1.92 bits per heavy atom. The Kier molecular flexibility index (Phi) is 6.36. The first-order valence-electron chi connectivity index (χ1n) is 7.90. The van der Waals surface area contributed by atoms with Gasteiger partial charge in [-0.25, -0.2) is 13.6 Å². The fourth-order valence-electron chi connectivity index (χ4n) is 2.33. The van der Waals surface area contributed by atoms with Gasteiger partial charge in [0.2, 0.25) is 10.0 Å². The van der Waals surface area contributed by atoms with E-state index in [-0.39, 0.29) is 10.9 Å². The molecule has 2 aromatic rings. The maximum absolute atomic E-state index is 11.4. The number of ether oxygens (including phenoxy) is 1. The smallest absolute Gasteiger partial charge is 0.238 e. The summed E-state index contributed by atoms with van der Waals surface area (Å²) in [4.78, 5) is 0.149. The molecule has 1 unspecified atom stereocenters. The Morgan fingerprint density at radius 1 is 1.17 bits per heavy atom. The number of nitrogens with one attached hydrogen (secondary N) is 1. The Morgan fingerprint density at radius 3 is 2.62 bits per heavy atom. The summed E-state index contributed by atoms with van der Waals surface area (Å²) in [5.74, 6) is 0.895. The maximum Gasteiger partial charge on any atom is 0.238 e. The zero-order chi connectivity index (χ0) is 17.6. The molecule has 0 radical (unpaired) electrons. The van der Waals surface area contributed by atoms with Crippen LogP contribution >= 0.6 is 0 Å². The van der Waals surface area contributed by atoms with E-state index in [1.54, 1.807) is 12.1 Å². The van der Waals surface area contributed by atoms with Gasteiger partial charge in [-0.2, -0.15) is 0 Å². The molecular formula is C18H24N2O3S. The third kappa shape index (κ3) is 5.63. The number of hydrogen-bond donors (Lipinski definition) is 2. The number of sulfonamides is 1. The summed E-state index contributed by atoms with van der Waals surface area (Å²) in [5, 5.41) is 8.52. The average molecular weight is 348 g/mol. The van der Waals surface area contributed by atoms with Gasteiger partial charge in [0, 0.05) is 6.04 Å². The standard InChI is InChI=1S/C18H24N2O3S/c1-14-6-3-4-9-18(14)23-13-15(2)20-11-10-16-7-5-8-17(12-16)24(19,21)22/h3-9,12,15,20H,10-11,13H2,1-2H3,(H2,19,21,22). The van der Waals surface area contributed by atoms with Gasteiger partial charge in [-0.05, 0) is 56.1 Å². The van der Waals surface area contributed by atoms with Gasteiger partial charge in [-0.1, -0.05) is 30.3 Å². The van der Waals surface area contributed by atoms with Crippen molar-refractivity contribution < 1.29 is 13.2 Å². The average Bonchev–Trinajstić information content (AvgIpc) is 2.54. The quantitative estimate of drug-likeness (QED) is 0.766. The minimum Gasteiger partial charge on any atom is -0.492 e. The van der Waals surface area contributed by atoms with Crippen LogP contribution in [0, 0.1) is 6.92 Å². The van der Waals surface area contributed by atoms with Gasteiger partial charge in [0.1, 0.15) is 12.4 Å². The van der Waals surface area contributed by atoms with E-state index < -0.39 is 10.0 Å². The molecule has 0 spiro atoms. The topological polar surface area (TPSA) is 81.4 Å². The van der Waals surface area contributed by atoms with Crippen molar-refractivity contribution in [1.82, 2.24) is 5.32 Å². The molecule has 0 saturated heterocycles. The molecule has 1 atom stereocenters. The third-order valence-electron chi connectivity index (χ3n) is 3.72. The molecule has 6 heteroatoms. The normalized spacial score (nSPS) is 12.8. The third-order valence-corrected chi connectivity index (χ3v) is 4.63. The van der Waals surface area contributed by atoms with E-state index in [1.165, 1.54) is 6.07 Å². The van der Waals surface area contributed by atoms with E-state index in [1.807, 2.05) is 37.3 Å². The summed E-state index contributed by atoms with van der Waals surface area (Å²) in [6.45, 7) is 5.37. The molecule has 0 aromatic heterocycles. The van der Waals surface area contributed by atoms with Crippen LogP contribution in [-0.4, -0.2) is 27.6 Å². The second kappa shape index (κ2) is 8.28. The summed E-state index contributed by atoms with van der Waals surface area (Å²) in [7, 11) is -3.65. The molecule has 0 aliphatic heterocycles. The molecule has 130 valence electrons. The first kappa shape index (κ1) is 18.4. The van der Waals surface area contributed by atoms with Crippen molar-refractivity contribution in [3.63, 3.8) is 0 Å². The fourth-order valence-corrected chi connectivity index (χ4v) is 2.92. The second-order valence-corrected chi connectivity index (χ2v) is 7.44. The summed E-state index contributed by atoms with van der Waals surface area (Å²) >= 11 is 0. The minimum atomic E-state index is -3.65. The van der Waals surface area contributed by atoms with Crippen LogP contribution in [0.25, 0.3) is 0 Å². The first-order valence-corrected chi connectivity index (χ1v) is 9.44. The number of aryl methyl sites for hydroxylation is 1. The van der Waals surface area contributed by atoms with Crippen LogP contribution in [0.5, 0.6) is 5.75 Å². The van der Waals surface area contributed by atoms with Gasteiger partial charge in [-0.15, -0.1) is 0 Å². The zero-order valence-corrected chi connectivity index (χ0v) is 14.8. The van der Waals surface area contributed by atoms with E-state index in [0.29, 0.717) is 6.61 Å². The molecular weight excluding hydrogens is 324 g/mol. The van der Waals surface area contributed by atoms with Crippen molar-refractivity contribution in [2.24, 2.45) is 5.14 Å². The van der Waals surface area contributed by atoms with Crippen molar-refractivity contribution in [2.45, 2.75) is 31.2 Å². The lowest BCUT2D eigenvalue weighted by Crippen LogP contribution is -2.33. The highest BCUT2D eigenvalue weighted by Gasteiger charge is 2.08. The molecule has 5 nitrogen and oxygen atoms in total. The van der Waals surface area contributed by atoms with E-state index >= 15 is 0 Å². The Labute approximate surface area is 143 Å². The molecule has 0 heterocycles. The predicted molar refractivity (Wildman–Crippen MR) is 95.7 cm³/mol. The summed E-state index contributed by atoms with van der Waals surface area (Å²) in [6.07, 6.45) is 0.720. The van der Waals surface area contributed by atoms with Gasteiger partial charge in [0.05, 0.1) is 4.90 Å². The lowest BCUT2D eigenvalue weighted by molar-refractivity contribution is 0.272. The number of rotatable bonds is 8. The maximum atomic E-state index is 11.4. The summed E-state index contributed by atoms with van der Waals surface area (Å²) < 4.78 is 28.5. The van der Waals surface area contributed by atoms with Crippen LogP contribution in [0.4, 0.5) is 0 Å². The van der Waals surface area contributed by atoms with Crippen LogP contribution < -0.4 is 15.2 Å². The van der Waals surface area contributed by atoms with E-state index in [0.717, 1.165) is 29.8 Å². The zero-order valence-electron chi connectivity index (χ0n) is 14.0. The lowest BCUT2D eigenvalue weighted by atomic mass is 10.1. The Hall–Kier alpha value is -1.89. The molecule has 24 heavy (non-hydrogen) atoms. The molecule has 0 aliphatic carbocycles. The van der Waals surface area contributed by atoms with Gasteiger partial charge < -0.3 is 10.1 Å². The molecule has 0 amide bonds. The Bertz CT molecular complexity index is 775. The fraction of sp³-hybridized carbons (Fsp3) is 0.333. The number of nitrogens with two attached hydrogens (primary N) is 1. The number of primary sulfonamides is 1. The second-order valence-electron chi connectivity index (χ2n) is 5.87. The van der Waals surface area contributed by atoms with Crippen LogP contribution in [0.15, 0.2) is 53.4 Å². The van der Waals surface area contributed by atoms with Crippen LogP contribution in [0.2, 0.25) is 0 Å². The van der Waals surface area contributed by atoms with Crippen LogP contribution in [0.1, 0.15) is 18.1 Å². The van der Waals surface area contributed by atoms with Crippen molar-refractivity contribution in [3.8, 4) is 5.75 Å². The number of hydrogen-bond acceptors (Lipinski definition) is 4. The van der Waals surface area contributed by atoms with Gasteiger partial charge >= 0.3 is 0 Å². The predicted octanol–water partition coefficient (Wildman–Crippen LogP) is 2.24. The van der Waals surface area contributed by atoms with Crippen molar-refractivity contribution in [1.29, 1.82) is 0 Å². The van der Waals surface area contributed by atoms with Gasteiger partial charge in [0.25, 0.3) is 0 Å². The monoisotopic (exact) mass is 348 g/mol. The highest BCUT2D eigenvalue weighted by molar-refractivity contribution is 7.89. The van der Waals surface area contributed by atoms with Gasteiger partial charge in [0.15, 0.2) is 0 Å². The van der Waals surface area contributed by atoms with E-state index in [4.69, 9.17) is 9.88 Å². The molecule has 3 N–H and O–H groups in total. The minimum absolute atomic E-state index is 0.149. The highest BCUT2D eigenvalue weighted by atomic mass is 32.2. The van der Waals surface area contributed by atoms with Crippen molar-refractivity contribution in [2.75, 3.05) is 13.2 Å². The van der Waals surface area contributed by atoms with Crippen molar-refractivity contribution in [3.05, 3.63) is 59.7 Å². The highest BCUT2D eigenvalue weighted by Crippen LogP contribution is 2.16. The lowest BCUT2D eigenvalue weighted by Gasteiger charge is -2.16. The molecule has 0 fully saturated rings. The summed E-state index contributed by atoms with van der Waals surface area (Å²) in [6, 6.07) is 14.8. The number of benzene rings is 2. The van der Waals surface area contributed by atoms with Crippen molar-refractivity contribution >= 4 is 10.0 Å². The SMILES string of the molecule is Cc1ccccc1OCC(C)NCCc1cccc(S(N)(=O)=O)c1. The molecule has 0 saturated carbocycles. The van der Waals surface area contributed by atoms with E-state index in [9.17, 15) is 8.42 Å². The largest absolute Gasteiger partial charge is 0.492 e. The molecule has 2 aromatic carbocycles. The molecule has 2 rings (SSSR count). The van der Waals surface area contributed by atoms with E-state index in [2.05, 4.69) is 12.2 Å². The van der Waals surface area contributed by atoms with Gasteiger partial charge in [-0.3, -0.25) is 0 Å². The first-order chi connectivity index (χ1) is 11.4. The molecule has 0 bridgehead atoms. The molecule has 0 aliphatic rings.